The van der Waals surface area contributed by atoms with E-state index in [0.29, 0.717) is 10.0 Å². The molecule has 0 aliphatic carbocycles. The van der Waals surface area contributed by atoms with Gasteiger partial charge < -0.3 is 5.73 Å². The van der Waals surface area contributed by atoms with Crippen LogP contribution in [0, 0.1) is 6.92 Å². The largest absolute Gasteiger partial charge is 0.320 e. The van der Waals surface area contributed by atoms with Gasteiger partial charge in [0.2, 0.25) is 0 Å². The van der Waals surface area contributed by atoms with Crippen molar-refractivity contribution in [3.8, 4) is 0 Å². The molecule has 0 aliphatic rings. The fourth-order valence-corrected chi connectivity index (χ4v) is 2.28. The predicted octanol–water partition coefficient (Wildman–Crippen LogP) is 3.74. The lowest BCUT2D eigenvalue weighted by Crippen LogP contribution is -2.13. The number of nitrogens with two attached hydrogens (primary N) is 1. The molecule has 2 aromatic rings. The highest BCUT2D eigenvalue weighted by atomic mass is 35.5. The molecule has 0 saturated heterocycles. The number of aromatic nitrogens is 1. The van der Waals surface area contributed by atoms with E-state index in [2.05, 4.69) is 4.98 Å². The molecule has 1 aromatic heterocycles. The third-order valence-electron chi connectivity index (χ3n) is 2.66. The Balaban J connectivity index is 2.43. The van der Waals surface area contributed by atoms with Crippen molar-refractivity contribution in [2.24, 2.45) is 5.73 Å². The van der Waals surface area contributed by atoms with Gasteiger partial charge >= 0.3 is 0 Å². The van der Waals surface area contributed by atoms with Gasteiger partial charge in [0, 0.05) is 22.4 Å². The Bertz CT molecular complexity index is 520. The standard InChI is InChI=1S/C13H12Cl2N2/c1-8-2-3-17-7-12(8)13(16)9-4-10(14)6-11(15)5-9/h2-7,13H,16H2,1H3. The maximum atomic E-state index is 6.20. The van der Waals surface area contributed by atoms with Crippen LogP contribution in [0.1, 0.15) is 22.7 Å². The van der Waals surface area contributed by atoms with Gasteiger partial charge in [-0.3, -0.25) is 4.98 Å². The normalized spacial score (nSPS) is 12.5. The molecule has 2 nitrogen and oxygen atoms in total. The average molecular weight is 267 g/mol. The highest BCUT2D eigenvalue weighted by Gasteiger charge is 2.12. The van der Waals surface area contributed by atoms with Crippen LogP contribution in [0.3, 0.4) is 0 Å². The number of halogens is 2. The first kappa shape index (κ1) is 12.4. The Morgan fingerprint density at radius 1 is 1.18 bits per heavy atom. The summed E-state index contributed by atoms with van der Waals surface area (Å²) in [6, 6.07) is 7.01. The summed E-state index contributed by atoms with van der Waals surface area (Å²) in [5.41, 5.74) is 9.16. The molecule has 1 aromatic carbocycles. The maximum Gasteiger partial charge on any atom is 0.0570 e. The summed E-state index contributed by atoms with van der Waals surface area (Å²) in [6.07, 6.45) is 3.52. The Kier molecular flexibility index (Phi) is 3.67. The molecule has 0 aliphatic heterocycles. The van der Waals surface area contributed by atoms with Gasteiger partial charge in [-0.25, -0.2) is 0 Å². The minimum Gasteiger partial charge on any atom is -0.320 e. The molecule has 0 spiro atoms. The molecule has 0 radical (unpaired) electrons. The molecule has 0 amide bonds. The molecular weight excluding hydrogens is 255 g/mol. The van der Waals surface area contributed by atoms with Gasteiger partial charge in [-0.15, -0.1) is 0 Å². The first-order valence-corrected chi connectivity index (χ1v) is 5.95. The molecule has 1 heterocycles. The first-order valence-electron chi connectivity index (χ1n) is 5.20. The summed E-state index contributed by atoms with van der Waals surface area (Å²) in [5, 5.41) is 1.17. The van der Waals surface area contributed by atoms with Crippen LogP contribution in [0.2, 0.25) is 10.0 Å². The van der Waals surface area contributed by atoms with Gasteiger partial charge in [0.25, 0.3) is 0 Å². The quantitative estimate of drug-likeness (QED) is 0.900. The zero-order valence-electron chi connectivity index (χ0n) is 9.32. The Hall–Kier alpha value is -1.09. The lowest BCUT2D eigenvalue weighted by molar-refractivity contribution is 0.853. The van der Waals surface area contributed by atoms with Crippen LogP contribution in [0.4, 0.5) is 0 Å². The monoisotopic (exact) mass is 266 g/mol. The van der Waals surface area contributed by atoms with Crippen molar-refractivity contribution >= 4 is 23.2 Å². The van der Waals surface area contributed by atoms with Crippen molar-refractivity contribution in [1.82, 2.24) is 4.98 Å². The maximum absolute atomic E-state index is 6.20. The molecule has 2 N–H and O–H groups in total. The molecule has 1 atom stereocenters. The fraction of sp³-hybridized carbons (Fsp3) is 0.154. The van der Waals surface area contributed by atoms with E-state index in [4.69, 9.17) is 28.9 Å². The number of hydrogen-bond donors (Lipinski definition) is 1. The van der Waals surface area contributed by atoms with Crippen LogP contribution in [-0.4, -0.2) is 4.98 Å². The summed E-state index contributed by atoms with van der Waals surface area (Å²) in [4.78, 5) is 4.09. The molecule has 0 bridgehead atoms. The highest BCUT2D eigenvalue weighted by molar-refractivity contribution is 6.34. The zero-order valence-corrected chi connectivity index (χ0v) is 10.8. The summed E-state index contributed by atoms with van der Waals surface area (Å²) >= 11 is 11.9. The van der Waals surface area contributed by atoms with Gasteiger partial charge in [-0.1, -0.05) is 23.2 Å². The van der Waals surface area contributed by atoms with E-state index in [9.17, 15) is 0 Å². The second-order valence-corrected chi connectivity index (χ2v) is 4.79. The number of pyridine rings is 1. The molecular formula is C13H12Cl2N2. The fourth-order valence-electron chi connectivity index (χ4n) is 1.74. The molecule has 0 saturated carbocycles. The van der Waals surface area contributed by atoms with Crippen LogP contribution in [0.15, 0.2) is 36.7 Å². The van der Waals surface area contributed by atoms with Crippen LogP contribution in [0.5, 0.6) is 0 Å². The van der Waals surface area contributed by atoms with Crippen molar-refractivity contribution in [2.75, 3.05) is 0 Å². The third-order valence-corrected chi connectivity index (χ3v) is 3.10. The minimum absolute atomic E-state index is 0.264. The minimum atomic E-state index is -0.264. The molecule has 1 unspecified atom stereocenters. The van der Waals surface area contributed by atoms with E-state index in [0.717, 1.165) is 16.7 Å². The highest BCUT2D eigenvalue weighted by Crippen LogP contribution is 2.27. The second-order valence-electron chi connectivity index (χ2n) is 3.91. The van der Waals surface area contributed by atoms with Gasteiger partial charge in [0.1, 0.15) is 0 Å². The Labute approximate surface area is 110 Å². The summed E-state index contributed by atoms with van der Waals surface area (Å²) in [6.45, 7) is 2.00. The van der Waals surface area contributed by atoms with Crippen LogP contribution in [-0.2, 0) is 0 Å². The number of benzene rings is 1. The molecule has 17 heavy (non-hydrogen) atoms. The number of rotatable bonds is 2. The Morgan fingerprint density at radius 3 is 2.41 bits per heavy atom. The van der Waals surface area contributed by atoms with E-state index < -0.39 is 0 Å². The van der Waals surface area contributed by atoms with Crippen LogP contribution in [0.25, 0.3) is 0 Å². The summed E-state index contributed by atoms with van der Waals surface area (Å²) in [5.74, 6) is 0. The van der Waals surface area contributed by atoms with Crippen molar-refractivity contribution in [2.45, 2.75) is 13.0 Å². The first-order chi connectivity index (χ1) is 8.08. The number of nitrogens with zero attached hydrogens (tertiary/aromatic N) is 1. The van der Waals surface area contributed by atoms with E-state index in [1.807, 2.05) is 25.1 Å². The number of hydrogen-bond acceptors (Lipinski definition) is 2. The van der Waals surface area contributed by atoms with Gasteiger partial charge in [0.05, 0.1) is 6.04 Å². The third kappa shape index (κ3) is 2.78. The van der Waals surface area contributed by atoms with E-state index in [-0.39, 0.29) is 6.04 Å². The van der Waals surface area contributed by atoms with Crippen LogP contribution < -0.4 is 5.73 Å². The van der Waals surface area contributed by atoms with E-state index in [1.165, 1.54) is 0 Å². The zero-order chi connectivity index (χ0) is 12.4. The molecule has 88 valence electrons. The average Bonchev–Trinajstić information content (AvgIpc) is 2.27. The SMILES string of the molecule is Cc1ccncc1C(N)c1cc(Cl)cc(Cl)c1. The second kappa shape index (κ2) is 5.05. The number of aryl methyl sites for hydroxylation is 1. The summed E-state index contributed by atoms with van der Waals surface area (Å²) < 4.78 is 0. The molecule has 4 heteroatoms. The van der Waals surface area contributed by atoms with E-state index in [1.54, 1.807) is 18.5 Å². The van der Waals surface area contributed by atoms with Crippen molar-refractivity contribution in [1.29, 1.82) is 0 Å². The summed E-state index contributed by atoms with van der Waals surface area (Å²) in [7, 11) is 0. The van der Waals surface area contributed by atoms with Gasteiger partial charge in [-0.05, 0) is 47.9 Å². The van der Waals surface area contributed by atoms with Crippen molar-refractivity contribution in [3.63, 3.8) is 0 Å². The van der Waals surface area contributed by atoms with E-state index >= 15 is 0 Å². The lowest BCUT2D eigenvalue weighted by Gasteiger charge is -2.15. The van der Waals surface area contributed by atoms with Crippen LogP contribution >= 0.6 is 23.2 Å². The van der Waals surface area contributed by atoms with Gasteiger partial charge in [-0.2, -0.15) is 0 Å². The topological polar surface area (TPSA) is 38.9 Å². The Morgan fingerprint density at radius 2 is 1.82 bits per heavy atom. The smallest absolute Gasteiger partial charge is 0.0570 e. The lowest BCUT2D eigenvalue weighted by atomic mass is 9.98. The molecule has 0 fully saturated rings. The predicted molar refractivity (Wildman–Crippen MR) is 71.5 cm³/mol. The van der Waals surface area contributed by atoms with Gasteiger partial charge in [0.15, 0.2) is 0 Å². The molecule has 2 rings (SSSR count). The van der Waals surface area contributed by atoms with Crippen molar-refractivity contribution < 1.29 is 0 Å². The van der Waals surface area contributed by atoms with Crippen molar-refractivity contribution in [3.05, 3.63) is 63.4 Å².